The Labute approximate surface area is 128 Å². The van der Waals surface area contributed by atoms with Gasteiger partial charge in [-0.15, -0.1) is 11.3 Å². The van der Waals surface area contributed by atoms with Crippen LogP contribution in [0.2, 0.25) is 0 Å². The van der Waals surface area contributed by atoms with Crippen molar-refractivity contribution in [3.05, 3.63) is 29.3 Å². The summed E-state index contributed by atoms with van der Waals surface area (Å²) < 4.78 is 0. The van der Waals surface area contributed by atoms with Crippen LogP contribution in [0.5, 0.6) is 0 Å². The molecule has 0 spiro atoms. The Morgan fingerprint density at radius 1 is 1.52 bits per heavy atom. The number of carbonyl (C=O) groups is 1. The number of pyridine rings is 1. The molecular weight excluding hydrogens is 282 g/mol. The topological polar surface area (TPSA) is 45.2 Å². The fourth-order valence-electron chi connectivity index (χ4n) is 3.68. The maximum Gasteiger partial charge on any atom is 0.261 e. The van der Waals surface area contributed by atoms with Gasteiger partial charge in [0.05, 0.1) is 4.88 Å². The number of amides is 1. The van der Waals surface area contributed by atoms with Gasteiger partial charge in [0, 0.05) is 30.2 Å². The van der Waals surface area contributed by atoms with Crippen molar-refractivity contribution >= 4 is 27.5 Å². The van der Waals surface area contributed by atoms with E-state index < -0.39 is 0 Å². The van der Waals surface area contributed by atoms with Crippen molar-refractivity contribution in [3.8, 4) is 0 Å². The first-order chi connectivity index (χ1) is 10.2. The van der Waals surface area contributed by atoms with Crippen LogP contribution in [0.1, 0.15) is 29.4 Å². The van der Waals surface area contributed by atoms with Crippen molar-refractivity contribution in [1.82, 2.24) is 15.2 Å². The van der Waals surface area contributed by atoms with Crippen LogP contribution in [0, 0.1) is 5.92 Å². The van der Waals surface area contributed by atoms with E-state index in [0.29, 0.717) is 18.0 Å². The van der Waals surface area contributed by atoms with Gasteiger partial charge in [-0.05, 0) is 44.4 Å². The summed E-state index contributed by atoms with van der Waals surface area (Å²) in [6.45, 7) is 4.48. The number of hydrogen-bond acceptors (Lipinski definition) is 4. The normalized spacial score (nSPS) is 31.5. The summed E-state index contributed by atoms with van der Waals surface area (Å²) in [5.74, 6) is 0.700. The molecule has 21 heavy (non-hydrogen) atoms. The predicted octanol–water partition coefficient (Wildman–Crippen LogP) is 2.51. The lowest BCUT2D eigenvalue weighted by Gasteiger charge is -2.48. The van der Waals surface area contributed by atoms with Gasteiger partial charge in [0.15, 0.2) is 0 Å². The Bertz CT molecular complexity index is 650. The third-order valence-electron chi connectivity index (χ3n) is 4.89. The lowest BCUT2D eigenvalue weighted by Crippen LogP contribution is -2.60. The third kappa shape index (κ3) is 2.34. The van der Waals surface area contributed by atoms with Gasteiger partial charge in [-0.25, -0.2) is 4.98 Å². The first kappa shape index (κ1) is 13.2. The highest BCUT2D eigenvalue weighted by atomic mass is 32.1. The van der Waals surface area contributed by atoms with E-state index in [0.717, 1.165) is 21.6 Å². The Balaban J connectivity index is 1.51. The highest BCUT2D eigenvalue weighted by Gasteiger charge is 2.38. The van der Waals surface area contributed by atoms with Crippen LogP contribution in [0.25, 0.3) is 10.2 Å². The van der Waals surface area contributed by atoms with Crippen molar-refractivity contribution in [3.63, 3.8) is 0 Å². The lowest BCUT2D eigenvalue weighted by atomic mass is 9.80. The minimum Gasteiger partial charge on any atom is -0.347 e. The smallest absolute Gasteiger partial charge is 0.261 e. The molecule has 110 valence electrons. The summed E-state index contributed by atoms with van der Waals surface area (Å²) in [7, 11) is 0. The van der Waals surface area contributed by atoms with Crippen LogP contribution in [0.3, 0.4) is 0 Å². The molecule has 2 aromatic rings. The van der Waals surface area contributed by atoms with Crippen LogP contribution < -0.4 is 5.32 Å². The Morgan fingerprint density at radius 2 is 2.43 bits per heavy atom. The van der Waals surface area contributed by atoms with Gasteiger partial charge >= 0.3 is 0 Å². The molecule has 0 saturated carbocycles. The molecule has 1 N–H and O–H groups in total. The Morgan fingerprint density at radius 3 is 3.14 bits per heavy atom. The standard InChI is InChI=1S/C16H19N3OS/c1-10-7-11-4-6-19(10)9-13(11)18-15(20)14-8-12-3-2-5-17-16(12)21-14/h2-3,5,8,10-11,13H,4,6-7,9H2,1H3,(H,18,20). The van der Waals surface area contributed by atoms with E-state index in [4.69, 9.17) is 0 Å². The van der Waals surface area contributed by atoms with E-state index in [1.807, 2.05) is 18.2 Å². The van der Waals surface area contributed by atoms with E-state index in [2.05, 4.69) is 22.1 Å². The highest BCUT2D eigenvalue weighted by Crippen LogP contribution is 2.32. The number of nitrogens with one attached hydrogen (secondary N) is 1. The van der Waals surface area contributed by atoms with Crippen LogP contribution in [0.15, 0.2) is 24.4 Å². The zero-order valence-electron chi connectivity index (χ0n) is 12.1. The molecule has 5 rings (SSSR count). The molecule has 1 amide bonds. The average molecular weight is 301 g/mol. The summed E-state index contributed by atoms with van der Waals surface area (Å²) >= 11 is 1.48. The molecule has 2 aromatic heterocycles. The first-order valence-corrected chi connectivity index (χ1v) is 8.42. The second-order valence-corrected chi connectivity index (χ2v) is 7.25. The molecule has 5 heterocycles. The molecule has 2 bridgehead atoms. The molecule has 3 aliphatic heterocycles. The van der Waals surface area contributed by atoms with Crippen LogP contribution in [-0.4, -0.2) is 41.0 Å². The van der Waals surface area contributed by atoms with Gasteiger partial charge in [-0.3, -0.25) is 9.69 Å². The molecule has 0 aromatic carbocycles. The van der Waals surface area contributed by atoms with Crippen LogP contribution in [0.4, 0.5) is 0 Å². The number of piperidine rings is 3. The number of fused-ring (bicyclic) bond motifs is 4. The van der Waals surface area contributed by atoms with Gasteiger partial charge in [-0.1, -0.05) is 6.07 Å². The van der Waals surface area contributed by atoms with Gasteiger partial charge in [0.1, 0.15) is 4.83 Å². The molecule has 4 nitrogen and oxygen atoms in total. The fraction of sp³-hybridized carbons (Fsp3) is 0.500. The fourth-order valence-corrected chi connectivity index (χ4v) is 4.59. The van der Waals surface area contributed by atoms with E-state index in [1.54, 1.807) is 6.20 Å². The quantitative estimate of drug-likeness (QED) is 0.927. The number of thiophene rings is 1. The zero-order valence-corrected chi connectivity index (χ0v) is 12.9. The molecule has 4 atom stereocenters. The maximum atomic E-state index is 12.5. The van der Waals surface area contributed by atoms with E-state index in [9.17, 15) is 4.79 Å². The summed E-state index contributed by atoms with van der Waals surface area (Å²) in [5.41, 5.74) is 0. The van der Waals surface area contributed by atoms with Gasteiger partial charge in [0.2, 0.25) is 0 Å². The number of rotatable bonds is 2. The molecule has 3 saturated heterocycles. The van der Waals surface area contributed by atoms with Gasteiger partial charge in [0.25, 0.3) is 5.91 Å². The van der Waals surface area contributed by atoms with Crippen molar-refractivity contribution in [2.45, 2.75) is 31.8 Å². The largest absolute Gasteiger partial charge is 0.347 e. The Hall–Kier alpha value is -1.46. The summed E-state index contributed by atoms with van der Waals surface area (Å²) in [5, 5.41) is 4.30. The lowest BCUT2D eigenvalue weighted by molar-refractivity contribution is 0.0275. The summed E-state index contributed by atoms with van der Waals surface area (Å²) in [4.78, 5) is 21.0. The zero-order chi connectivity index (χ0) is 14.4. The monoisotopic (exact) mass is 301 g/mol. The summed E-state index contributed by atoms with van der Waals surface area (Å²) in [6, 6.07) is 6.84. The molecule has 5 heteroatoms. The second-order valence-electron chi connectivity index (χ2n) is 6.22. The second kappa shape index (κ2) is 5.07. The molecular formula is C16H19N3OS. The van der Waals surface area contributed by atoms with Crippen LogP contribution in [-0.2, 0) is 0 Å². The molecule has 3 aliphatic rings. The predicted molar refractivity (Wildman–Crippen MR) is 84.6 cm³/mol. The first-order valence-electron chi connectivity index (χ1n) is 7.60. The number of nitrogens with zero attached hydrogens (tertiary/aromatic N) is 2. The Kier molecular flexibility index (Phi) is 3.19. The SMILES string of the molecule is CC1CC2CCN1CC2NC(=O)c1cc2cccnc2s1. The highest BCUT2D eigenvalue weighted by molar-refractivity contribution is 7.20. The molecule has 0 aliphatic carbocycles. The van der Waals surface area contributed by atoms with E-state index in [1.165, 1.54) is 30.7 Å². The average Bonchev–Trinajstić information content (AvgIpc) is 2.92. The maximum absolute atomic E-state index is 12.5. The third-order valence-corrected chi connectivity index (χ3v) is 5.95. The number of carbonyl (C=O) groups excluding carboxylic acids is 1. The van der Waals surface area contributed by atoms with E-state index >= 15 is 0 Å². The summed E-state index contributed by atoms with van der Waals surface area (Å²) in [6.07, 6.45) is 4.19. The van der Waals surface area contributed by atoms with Gasteiger partial charge < -0.3 is 5.32 Å². The van der Waals surface area contributed by atoms with Crippen molar-refractivity contribution in [2.24, 2.45) is 5.92 Å². The van der Waals surface area contributed by atoms with Crippen molar-refractivity contribution in [2.75, 3.05) is 13.1 Å². The molecule has 3 fully saturated rings. The molecule has 4 unspecified atom stereocenters. The van der Waals surface area contributed by atoms with E-state index in [-0.39, 0.29) is 5.91 Å². The minimum atomic E-state index is 0.0596. The van der Waals surface area contributed by atoms with Crippen molar-refractivity contribution < 1.29 is 4.79 Å². The number of aromatic nitrogens is 1. The molecule has 0 radical (unpaired) electrons. The van der Waals surface area contributed by atoms with Crippen molar-refractivity contribution in [1.29, 1.82) is 0 Å². The van der Waals surface area contributed by atoms with Crippen LogP contribution >= 0.6 is 11.3 Å². The van der Waals surface area contributed by atoms with Gasteiger partial charge in [-0.2, -0.15) is 0 Å². The minimum absolute atomic E-state index is 0.0596. The number of hydrogen-bond donors (Lipinski definition) is 1.